The van der Waals surface area contributed by atoms with E-state index in [4.69, 9.17) is 4.74 Å². The van der Waals surface area contributed by atoms with Gasteiger partial charge in [-0.15, -0.1) is 0 Å². The number of hydrogen-bond acceptors (Lipinski definition) is 2. The lowest BCUT2D eigenvalue weighted by atomic mass is 10.2. The first-order chi connectivity index (χ1) is 5.04. The molecule has 1 saturated heterocycles. The van der Waals surface area contributed by atoms with Gasteiger partial charge in [-0.1, -0.05) is 0 Å². The van der Waals surface area contributed by atoms with Gasteiger partial charge in [0.2, 0.25) is 0 Å². The standard InChI is InChI=1S/C8H15NO2/c1-5(2)9-6(3)7(4)11-8(9)10/h5-7H,1-4H3. The molecule has 1 fully saturated rings. The quantitative estimate of drug-likeness (QED) is 0.579. The van der Waals surface area contributed by atoms with E-state index < -0.39 is 0 Å². The zero-order valence-electron chi connectivity index (χ0n) is 7.50. The van der Waals surface area contributed by atoms with Crippen molar-refractivity contribution in [3.8, 4) is 0 Å². The van der Waals surface area contributed by atoms with Crippen LogP contribution in [-0.4, -0.2) is 29.2 Å². The van der Waals surface area contributed by atoms with Gasteiger partial charge in [-0.3, -0.25) is 4.90 Å². The van der Waals surface area contributed by atoms with E-state index in [0.717, 1.165) is 0 Å². The van der Waals surface area contributed by atoms with Gasteiger partial charge in [0.15, 0.2) is 0 Å². The Morgan fingerprint density at radius 1 is 1.45 bits per heavy atom. The van der Waals surface area contributed by atoms with E-state index in [-0.39, 0.29) is 24.3 Å². The van der Waals surface area contributed by atoms with Crippen LogP contribution in [0, 0.1) is 0 Å². The van der Waals surface area contributed by atoms with E-state index in [2.05, 4.69) is 0 Å². The Morgan fingerprint density at radius 2 is 2.00 bits per heavy atom. The minimum Gasteiger partial charge on any atom is -0.444 e. The van der Waals surface area contributed by atoms with Crippen molar-refractivity contribution >= 4 is 6.09 Å². The maximum absolute atomic E-state index is 11.1. The van der Waals surface area contributed by atoms with Crippen LogP contribution in [0.3, 0.4) is 0 Å². The molecule has 0 saturated carbocycles. The van der Waals surface area contributed by atoms with Crippen molar-refractivity contribution in [1.82, 2.24) is 4.90 Å². The number of hydrogen-bond donors (Lipinski definition) is 0. The maximum Gasteiger partial charge on any atom is 0.410 e. The Hall–Kier alpha value is -0.730. The van der Waals surface area contributed by atoms with E-state index in [1.54, 1.807) is 4.90 Å². The van der Waals surface area contributed by atoms with Crippen molar-refractivity contribution in [2.45, 2.75) is 45.9 Å². The Morgan fingerprint density at radius 3 is 2.18 bits per heavy atom. The third-order valence-corrected chi connectivity index (χ3v) is 2.17. The summed E-state index contributed by atoms with van der Waals surface area (Å²) in [6.07, 6.45) is -0.148. The van der Waals surface area contributed by atoms with Crippen molar-refractivity contribution in [3.63, 3.8) is 0 Å². The molecule has 2 atom stereocenters. The third kappa shape index (κ3) is 1.32. The van der Waals surface area contributed by atoms with Crippen LogP contribution in [0.1, 0.15) is 27.7 Å². The van der Waals surface area contributed by atoms with Gasteiger partial charge in [-0.05, 0) is 27.7 Å². The van der Waals surface area contributed by atoms with Gasteiger partial charge in [0.25, 0.3) is 0 Å². The van der Waals surface area contributed by atoms with Crippen LogP contribution in [0.2, 0.25) is 0 Å². The molecule has 2 unspecified atom stereocenters. The summed E-state index contributed by atoms with van der Waals surface area (Å²) in [7, 11) is 0. The zero-order chi connectivity index (χ0) is 8.59. The molecule has 1 aliphatic heterocycles. The Balaban J connectivity index is 2.71. The predicted molar refractivity (Wildman–Crippen MR) is 42.4 cm³/mol. The fraction of sp³-hybridized carbons (Fsp3) is 0.875. The fourth-order valence-electron chi connectivity index (χ4n) is 1.39. The lowest BCUT2D eigenvalue weighted by Gasteiger charge is -2.23. The normalized spacial score (nSPS) is 31.4. The molecule has 11 heavy (non-hydrogen) atoms. The summed E-state index contributed by atoms with van der Waals surface area (Å²) < 4.78 is 5.03. The molecule has 1 rings (SSSR count). The molecule has 1 amide bonds. The second-order valence-corrected chi connectivity index (χ2v) is 3.33. The van der Waals surface area contributed by atoms with Crippen molar-refractivity contribution in [1.29, 1.82) is 0 Å². The SMILES string of the molecule is CC1OC(=O)N(C(C)C)C1C. The molecule has 0 aliphatic carbocycles. The number of ether oxygens (including phenoxy) is 1. The van der Waals surface area contributed by atoms with Gasteiger partial charge in [0.05, 0.1) is 6.04 Å². The van der Waals surface area contributed by atoms with E-state index in [1.165, 1.54) is 0 Å². The minimum atomic E-state index is -0.181. The van der Waals surface area contributed by atoms with Crippen molar-refractivity contribution in [2.24, 2.45) is 0 Å². The summed E-state index contributed by atoms with van der Waals surface area (Å²) in [5, 5.41) is 0. The topological polar surface area (TPSA) is 29.5 Å². The van der Waals surface area contributed by atoms with Crippen molar-refractivity contribution in [3.05, 3.63) is 0 Å². The molecule has 1 aliphatic rings. The van der Waals surface area contributed by atoms with E-state index in [9.17, 15) is 4.79 Å². The molecule has 0 aromatic rings. The Bertz CT molecular complexity index is 167. The van der Waals surface area contributed by atoms with Gasteiger partial charge in [-0.2, -0.15) is 0 Å². The molecular formula is C8H15NO2. The molecule has 3 nitrogen and oxygen atoms in total. The van der Waals surface area contributed by atoms with Gasteiger partial charge >= 0.3 is 6.09 Å². The molecule has 3 heteroatoms. The second-order valence-electron chi connectivity index (χ2n) is 3.33. The monoisotopic (exact) mass is 157 g/mol. The van der Waals surface area contributed by atoms with E-state index in [0.29, 0.717) is 0 Å². The van der Waals surface area contributed by atoms with Gasteiger partial charge in [0, 0.05) is 6.04 Å². The summed E-state index contributed by atoms with van der Waals surface area (Å²) in [5.74, 6) is 0. The Kier molecular flexibility index (Phi) is 2.07. The van der Waals surface area contributed by atoms with Gasteiger partial charge in [0.1, 0.15) is 6.10 Å². The minimum absolute atomic E-state index is 0.0323. The molecule has 0 N–H and O–H groups in total. The summed E-state index contributed by atoms with van der Waals surface area (Å²) in [5.41, 5.74) is 0. The molecule has 64 valence electrons. The molecular weight excluding hydrogens is 142 g/mol. The maximum atomic E-state index is 11.1. The molecule has 1 heterocycles. The number of nitrogens with zero attached hydrogens (tertiary/aromatic N) is 1. The highest BCUT2D eigenvalue weighted by atomic mass is 16.6. The fourth-order valence-corrected chi connectivity index (χ4v) is 1.39. The number of cyclic esters (lactones) is 1. The third-order valence-electron chi connectivity index (χ3n) is 2.17. The summed E-state index contributed by atoms with van der Waals surface area (Å²) in [4.78, 5) is 12.9. The highest BCUT2D eigenvalue weighted by molar-refractivity contribution is 5.70. The molecule has 0 radical (unpaired) electrons. The van der Waals surface area contributed by atoms with E-state index >= 15 is 0 Å². The van der Waals surface area contributed by atoms with E-state index in [1.807, 2.05) is 27.7 Å². The lowest BCUT2D eigenvalue weighted by Crippen LogP contribution is -2.38. The van der Waals surface area contributed by atoms with Crippen LogP contribution < -0.4 is 0 Å². The molecule has 0 aromatic heterocycles. The number of carbonyl (C=O) groups is 1. The molecule has 0 bridgehead atoms. The van der Waals surface area contributed by atoms with Crippen molar-refractivity contribution < 1.29 is 9.53 Å². The Labute approximate surface area is 67.3 Å². The van der Waals surface area contributed by atoms with Crippen LogP contribution in [0.5, 0.6) is 0 Å². The second kappa shape index (κ2) is 2.72. The summed E-state index contributed by atoms with van der Waals surface area (Å²) in [6, 6.07) is 0.449. The predicted octanol–water partition coefficient (Wildman–Crippen LogP) is 1.62. The lowest BCUT2D eigenvalue weighted by molar-refractivity contribution is 0.134. The molecule has 0 aromatic carbocycles. The van der Waals surface area contributed by atoms with Crippen LogP contribution in [0.25, 0.3) is 0 Å². The van der Waals surface area contributed by atoms with Gasteiger partial charge in [-0.25, -0.2) is 4.79 Å². The van der Waals surface area contributed by atoms with Crippen LogP contribution in [-0.2, 0) is 4.74 Å². The van der Waals surface area contributed by atoms with Crippen LogP contribution in [0.15, 0.2) is 0 Å². The summed E-state index contributed by atoms with van der Waals surface area (Å²) >= 11 is 0. The summed E-state index contributed by atoms with van der Waals surface area (Å²) in [6.45, 7) is 7.92. The number of rotatable bonds is 1. The molecule has 0 spiro atoms. The first-order valence-corrected chi connectivity index (χ1v) is 4.03. The average Bonchev–Trinajstić information content (AvgIpc) is 2.07. The highest BCUT2D eigenvalue weighted by Crippen LogP contribution is 2.20. The van der Waals surface area contributed by atoms with Crippen LogP contribution in [0.4, 0.5) is 4.79 Å². The average molecular weight is 157 g/mol. The van der Waals surface area contributed by atoms with Gasteiger partial charge < -0.3 is 4.74 Å². The smallest absolute Gasteiger partial charge is 0.410 e. The van der Waals surface area contributed by atoms with Crippen molar-refractivity contribution in [2.75, 3.05) is 0 Å². The zero-order valence-corrected chi connectivity index (χ0v) is 7.50. The first-order valence-electron chi connectivity index (χ1n) is 4.03. The first kappa shape index (κ1) is 8.37. The largest absolute Gasteiger partial charge is 0.444 e. The van der Waals surface area contributed by atoms with Crippen LogP contribution >= 0.6 is 0 Å². The number of amides is 1. The number of carbonyl (C=O) groups excluding carboxylic acids is 1. The highest BCUT2D eigenvalue weighted by Gasteiger charge is 2.37.